The van der Waals surface area contributed by atoms with Gasteiger partial charge >= 0.3 is 5.97 Å². The third-order valence-electron chi connectivity index (χ3n) is 1.17. The van der Waals surface area contributed by atoms with E-state index in [9.17, 15) is 4.79 Å². The van der Waals surface area contributed by atoms with Crippen LogP contribution >= 0.6 is 0 Å². The molecule has 0 aliphatic rings. The Bertz CT molecular complexity index is 116. The first kappa shape index (κ1) is 10.4. The fourth-order valence-corrected chi connectivity index (χ4v) is 0.534. The first-order chi connectivity index (χ1) is 5.20. The molecule has 0 aromatic heterocycles. The molecule has 11 heavy (non-hydrogen) atoms. The van der Waals surface area contributed by atoms with E-state index in [1.807, 2.05) is 0 Å². The lowest BCUT2D eigenvalue weighted by Crippen LogP contribution is -2.34. The highest BCUT2D eigenvalue weighted by atomic mass is 16.5. The maximum Gasteiger partial charge on any atom is 0.319 e. The normalized spacial score (nSPS) is 12.6. The number of aliphatic hydroxyl groups excluding tert-OH is 1. The molecular weight excluding hydrogens is 146 g/mol. The number of carbonyl (C=O) groups is 1. The van der Waals surface area contributed by atoms with Crippen LogP contribution in [-0.4, -0.2) is 36.9 Å². The van der Waals surface area contributed by atoms with Crippen molar-refractivity contribution in [2.45, 2.75) is 19.9 Å². The van der Waals surface area contributed by atoms with Crippen molar-refractivity contribution in [1.29, 1.82) is 0 Å². The van der Waals surface area contributed by atoms with E-state index in [0.717, 1.165) is 0 Å². The summed E-state index contributed by atoms with van der Waals surface area (Å²) in [6.07, 6.45) is 0. The summed E-state index contributed by atoms with van der Waals surface area (Å²) in [6.45, 7) is 4.13. The van der Waals surface area contributed by atoms with E-state index < -0.39 is 0 Å². The van der Waals surface area contributed by atoms with E-state index in [1.54, 1.807) is 13.8 Å². The SMILES string of the molecule is CCOC(=O)CNC(C)CO. The van der Waals surface area contributed by atoms with Gasteiger partial charge in [-0.15, -0.1) is 0 Å². The van der Waals surface area contributed by atoms with Gasteiger partial charge in [0, 0.05) is 6.04 Å². The van der Waals surface area contributed by atoms with E-state index in [-0.39, 0.29) is 25.2 Å². The summed E-state index contributed by atoms with van der Waals surface area (Å²) < 4.78 is 4.65. The minimum atomic E-state index is -0.284. The number of rotatable bonds is 5. The van der Waals surface area contributed by atoms with E-state index in [1.165, 1.54) is 0 Å². The molecule has 0 heterocycles. The summed E-state index contributed by atoms with van der Waals surface area (Å²) in [4.78, 5) is 10.7. The Kier molecular flexibility index (Phi) is 5.78. The fourth-order valence-electron chi connectivity index (χ4n) is 0.534. The Morgan fingerprint density at radius 3 is 2.82 bits per heavy atom. The van der Waals surface area contributed by atoms with Crippen molar-refractivity contribution in [3.8, 4) is 0 Å². The summed E-state index contributed by atoms with van der Waals surface area (Å²) in [5.41, 5.74) is 0. The van der Waals surface area contributed by atoms with Crippen molar-refractivity contribution in [3.05, 3.63) is 0 Å². The highest BCUT2D eigenvalue weighted by molar-refractivity contribution is 5.71. The second kappa shape index (κ2) is 6.12. The van der Waals surface area contributed by atoms with Crippen molar-refractivity contribution in [3.63, 3.8) is 0 Å². The van der Waals surface area contributed by atoms with Crippen molar-refractivity contribution in [2.24, 2.45) is 0 Å². The van der Waals surface area contributed by atoms with Gasteiger partial charge in [-0.2, -0.15) is 0 Å². The predicted octanol–water partition coefficient (Wildman–Crippen LogP) is -0.480. The summed E-state index contributed by atoms with van der Waals surface area (Å²) in [5.74, 6) is -0.284. The smallest absolute Gasteiger partial charge is 0.319 e. The number of esters is 1. The molecule has 0 aromatic rings. The molecule has 0 radical (unpaired) electrons. The van der Waals surface area contributed by atoms with Crippen molar-refractivity contribution >= 4 is 5.97 Å². The number of ether oxygens (including phenoxy) is 1. The molecule has 0 aliphatic carbocycles. The molecule has 4 nitrogen and oxygen atoms in total. The van der Waals surface area contributed by atoms with Crippen LogP contribution in [0.25, 0.3) is 0 Å². The molecular formula is C7H15NO3. The number of aliphatic hydroxyl groups is 1. The highest BCUT2D eigenvalue weighted by Gasteiger charge is 2.03. The maximum atomic E-state index is 10.7. The van der Waals surface area contributed by atoms with Gasteiger partial charge in [0.05, 0.1) is 19.8 Å². The molecule has 0 saturated carbocycles. The zero-order chi connectivity index (χ0) is 8.69. The Morgan fingerprint density at radius 2 is 2.36 bits per heavy atom. The summed E-state index contributed by atoms with van der Waals surface area (Å²) in [6, 6.07) is -0.0561. The van der Waals surface area contributed by atoms with E-state index in [0.29, 0.717) is 6.61 Å². The molecule has 4 heteroatoms. The zero-order valence-corrected chi connectivity index (χ0v) is 6.96. The van der Waals surface area contributed by atoms with E-state index in [2.05, 4.69) is 10.1 Å². The lowest BCUT2D eigenvalue weighted by atomic mass is 10.3. The number of hydrogen-bond donors (Lipinski definition) is 2. The Hall–Kier alpha value is -0.610. The molecule has 1 atom stereocenters. The number of hydrogen-bond acceptors (Lipinski definition) is 4. The van der Waals surface area contributed by atoms with Gasteiger partial charge in [0.15, 0.2) is 0 Å². The molecule has 0 spiro atoms. The van der Waals surface area contributed by atoms with Crippen LogP contribution in [-0.2, 0) is 9.53 Å². The quantitative estimate of drug-likeness (QED) is 0.535. The maximum absolute atomic E-state index is 10.7. The second-order valence-corrected chi connectivity index (χ2v) is 2.27. The monoisotopic (exact) mass is 161 g/mol. The van der Waals surface area contributed by atoms with Crippen LogP contribution in [0.1, 0.15) is 13.8 Å². The molecule has 0 fully saturated rings. The first-order valence-electron chi connectivity index (χ1n) is 3.70. The van der Waals surface area contributed by atoms with E-state index >= 15 is 0 Å². The average molecular weight is 161 g/mol. The molecule has 0 aliphatic heterocycles. The largest absolute Gasteiger partial charge is 0.465 e. The van der Waals surface area contributed by atoms with Gasteiger partial charge < -0.3 is 15.2 Å². The molecule has 0 rings (SSSR count). The molecule has 0 bridgehead atoms. The second-order valence-electron chi connectivity index (χ2n) is 2.27. The van der Waals surface area contributed by atoms with Crippen LogP contribution in [0.4, 0.5) is 0 Å². The van der Waals surface area contributed by atoms with Crippen LogP contribution in [0.15, 0.2) is 0 Å². The van der Waals surface area contributed by atoms with Gasteiger partial charge in [0.1, 0.15) is 0 Å². The average Bonchev–Trinajstić information content (AvgIpc) is 2.01. The molecule has 2 N–H and O–H groups in total. The van der Waals surface area contributed by atoms with Crippen molar-refractivity contribution in [2.75, 3.05) is 19.8 Å². The minimum Gasteiger partial charge on any atom is -0.465 e. The number of carbonyl (C=O) groups excluding carboxylic acids is 1. The summed E-state index contributed by atoms with van der Waals surface area (Å²) in [5, 5.41) is 11.4. The summed E-state index contributed by atoms with van der Waals surface area (Å²) >= 11 is 0. The third-order valence-corrected chi connectivity index (χ3v) is 1.17. The minimum absolute atomic E-state index is 0.0272. The fraction of sp³-hybridized carbons (Fsp3) is 0.857. The van der Waals surface area contributed by atoms with Crippen molar-refractivity contribution < 1.29 is 14.6 Å². The molecule has 66 valence electrons. The lowest BCUT2D eigenvalue weighted by molar-refractivity contribution is -0.142. The number of nitrogens with one attached hydrogen (secondary N) is 1. The van der Waals surface area contributed by atoms with Gasteiger partial charge in [0.25, 0.3) is 0 Å². The Balaban J connectivity index is 3.30. The van der Waals surface area contributed by atoms with Crippen LogP contribution < -0.4 is 5.32 Å². The Labute approximate surface area is 66.5 Å². The van der Waals surface area contributed by atoms with Gasteiger partial charge in [0.2, 0.25) is 0 Å². The first-order valence-corrected chi connectivity index (χ1v) is 3.70. The molecule has 1 unspecified atom stereocenters. The van der Waals surface area contributed by atoms with Crippen LogP contribution in [0, 0.1) is 0 Å². The predicted molar refractivity (Wildman–Crippen MR) is 41.2 cm³/mol. The Morgan fingerprint density at radius 1 is 1.73 bits per heavy atom. The topological polar surface area (TPSA) is 58.6 Å². The van der Waals surface area contributed by atoms with Gasteiger partial charge in [-0.3, -0.25) is 4.79 Å². The van der Waals surface area contributed by atoms with Crippen LogP contribution in [0.2, 0.25) is 0 Å². The summed E-state index contributed by atoms with van der Waals surface area (Å²) in [7, 11) is 0. The molecule has 0 saturated heterocycles. The van der Waals surface area contributed by atoms with Crippen LogP contribution in [0.5, 0.6) is 0 Å². The molecule has 0 aromatic carbocycles. The van der Waals surface area contributed by atoms with Gasteiger partial charge in [-0.1, -0.05) is 0 Å². The molecule has 0 amide bonds. The van der Waals surface area contributed by atoms with Crippen molar-refractivity contribution in [1.82, 2.24) is 5.32 Å². The third kappa shape index (κ3) is 5.82. The lowest BCUT2D eigenvalue weighted by Gasteiger charge is -2.08. The zero-order valence-electron chi connectivity index (χ0n) is 6.96. The standard InChI is InChI=1S/C7H15NO3/c1-3-11-7(10)4-8-6(2)5-9/h6,8-9H,3-5H2,1-2H3. The van der Waals surface area contributed by atoms with Gasteiger partial charge in [-0.25, -0.2) is 0 Å². The van der Waals surface area contributed by atoms with E-state index in [4.69, 9.17) is 5.11 Å². The van der Waals surface area contributed by atoms with Gasteiger partial charge in [-0.05, 0) is 13.8 Å². The van der Waals surface area contributed by atoms with Crippen LogP contribution in [0.3, 0.4) is 0 Å². The highest BCUT2D eigenvalue weighted by Crippen LogP contribution is 1.79.